The molecule has 2 aliphatic carbocycles. The molecule has 0 amide bonds. The molecule has 4 heteroatoms. The van der Waals surface area contributed by atoms with Crippen molar-refractivity contribution in [3.05, 3.63) is 73.1 Å². The van der Waals surface area contributed by atoms with E-state index in [4.69, 9.17) is 11.6 Å². The van der Waals surface area contributed by atoms with Gasteiger partial charge < -0.3 is 5.11 Å². The first-order valence-electron chi connectivity index (χ1n) is 8.88. The maximum Gasteiger partial charge on any atom is 0.142 e. The van der Waals surface area contributed by atoms with Crippen LogP contribution in [0.15, 0.2) is 36.4 Å². The van der Waals surface area contributed by atoms with Crippen molar-refractivity contribution in [3.8, 4) is 28.0 Å². The second kappa shape index (κ2) is 5.48. The predicted octanol–water partition coefficient (Wildman–Crippen LogP) is 7.23. The zero-order chi connectivity index (χ0) is 19.2. The van der Waals surface area contributed by atoms with Crippen LogP contribution in [-0.4, -0.2) is 5.11 Å². The van der Waals surface area contributed by atoms with Crippen LogP contribution in [0.25, 0.3) is 22.3 Å². The summed E-state index contributed by atoms with van der Waals surface area (Å²) in [4.78, 5) is 0. The van der Waals surface area contributed by atoms with Crippen LogP contribution >= 0.6 is 34.2 Å². The summed E-state index contributed by atoms with van der Waals surface area (Å²) in [6.07, 6.45) is 0. The van der Waals surface area contributed by atoms with Crippen molar-refractivity contribution in [2.45, 2.75) is 32.1 Å². The van der Waals surface area contributed by atoms with Gasteiger partial charge in [-0.2, -0.15) is 0 Å². The lowest BCUT2D eigenvalue weighted by Gasteiger charge is -2.21. The highest BCUT2D eigenvalue weighted by Gasteiger charge is 2.42. The van der Waals surface area contributed by atoms with Crippen LogP contribution < -0.4 is 0 Å². The van der Waals surface area contributed by atoms with E-state index in [1.165, 1.54) is 11.6 Å². The monoisotopic (exact) mass is 490 g/mol. The third-order valence-corrected chi connectivity index (χ3v) is 6.89. The van der Waals surface area contributed by atoms with Gasteiger partial charge in [-0.25, -0.2) is 4.39 Å². The quantitative estimate of drug-likeness (QED) is 0.227. The van der Waals surface area contributed by atoms with Crippen LogP contribution in [0.2, 0.25) is 5.02 Å². The molecule has 0 radical (unpaired) electrons. The molecule has 0 aromatic heterocycles. The lowest BCUT2D eigenvalue weighted by Crippen LogP contribution is -2.11. The molecule has 1 N–H and O–H groups in total. The molecule has 27 heavy (non-hydrogen) atoms. The summed E-state index contributed by atoms with van der Waals surface area (Å²) in [5.41, 5.74) is 8.32. The number of fused-ring (bicyclic) bond motifs is 6. The molecule has 0 fully saturated rings. The molecule has 2 aliphatic rings. The first-order chi connectivity index (χ1) is 12.7. The fourth-order valence-corrected chi connectivity index (χ4v) is 5.21. The van der Waals surface area contributed by atoms with E-state index in [-0.39, 0.29) is 16.4 Å². The lowest BCUT2D eigenvalue weighted by molar-refractivity contribution is 0.473. The zero-order valence-corrected chi connectivity index (χ0v) is 18.0. The van der Waals surface area contributed by atoms with Crippen LogP contribution in [-0.2, 0) is 5.41 Å². The summed E-state index contributed by atoms with van der Waals surface area (Å²) in [5.74, 6) is -0.103. The average molecular weight is 491 g/mol. The standard InChI is InChI=1S/C23H17ClFIO/c1-23(2,3)10-4-5-11-13(6-10)21-20-15(9-18(26)22(21)27)12-8-17(25)16(24)7-14(12)19(11)20/h4-9,19,27H,1-3H3. The Hall–Kier alpha value is -1.59. The Labute approximate surface area is 176 Å². The molecule has 5 rings (SSSR count). The SMILES string of the molecule is CC(C)(C)c1ccc2c(c1)-c1c(O)c(I)cc3c1C2c1cc(Cl)c(F)cc1-3. The number of hydrogen-bond acceptors (Lipinski definition) is 1. The van der Waals surface area contributed by atoms with Gasteiger partial charge in [0.15, 0.2) is 0 Å². The average Bonchev–Trinajstić information content (AvgIpc) is 3.08. The Morgan fingerprint density at radius 2 is 1.74 bits per heavy atom. The van der Waals surface area contributed by atoms with Crippen molar-refractivity contribution >= 4 is 34.2 Å². The highest BCUT2D eigenvalue weighted by atomic mass is 127. The molecule has 3 aromatic rings. The summed E-state index contributed by atoms with van der Waals surface area (Å²) >= 11 is 8.28. The molecule has 1 atom stereocenters. The van der Waals surface area contributed by atoms with Gasteiger partial charge in [0.05, 0.1) is 8.59 Å². The van der Waals surface area contributed by atoms with Crippen molar-refractivity contribution in [1.82, 2.24) is 0 Å². The predicted molar refractivity (Wildman–Crippen MR) is 116 cm³/mol. The number of hydrogen-bond donors (Lipinski definition) is 1. The minimum Gasteiger partial charge on any atom is -0.506 e. The van der Waals surface area contributed by atoms with E-state index in [1.54, 1.807) is 6.07 Å². The molecule has 1 unspecified atom stereocenters. The minimum atomic E-state index is -0.407. The molecule has 3 aromatic carbocycles. The summed E-state index contributed by atoms with van der Waals surface area (Å²) in [7, 11) is 0. The van der Waals surface area contributed by atoms with Crippen LogP contribution in [0.4, 0.5) is 4.39 Å². The third-order valence-electron chi connectivity index (χ3n) is 5.78. The third kappa shape index (κ3) is 2.27. The molecule has 136 valence electrons. The van der Waals surface area contributed by atoms with Crippen LogP contribution in [0.1, 0.15) is 48.9 Å². The lowest BCUT2D eigenvalue weighted by atomic mass is 9.84. The Kier molecular flexibility index (Phi) is 3.55. The van der Waals surface area contributed by atoms with E-state index in [2.05, 4.69) is 61.6 Å². The molecule has 0 bridgehead atoms. The summed E-state index contributed by atoms with van der Waals surface area (Å²) in [6.45, 7) is 6.56. The van der Waals surface area contributed by atoms with Gasteiger partial charge in [0.1, 0.15) is 11.6 Å². The van der Waals surface area contributed by atoms with Crippen molar-refractivity contribution in [3.63, 3.8) is 0 Å². The fourth-order valence-electron chi connectivity index (χ4n) is 4.45. The van der Waals surface area contributed by atoms with E-state index in [0.717, 1.165) is 42.5 Å². The Morgan fingerprint density at radius 1 is 1.00 bits per heavy atom. The second-order valence-electron chi connectivity index (χ2n) is 8.38. The van der Waals surface area contributed by atoms with Gasteiger partial charge in [0.2, 0.25) is 0 Å². The molecule has 0 saturated carbocycles. The van der Waals surface area contributed by atoms with Crippen molar-refractivity contribution in [2.75, 3.05) is 0 Å². The summed E-state index contributed by atoms with van der Waals surface area (Å²) in [5, 5.41) is 11.0. The topological polar surface area (TPSA) is 20.2 Å². The number of phenols is 1. The fraction of sp³-hybridized carbons (Fsp3) is 0.217. The number of halogens is 3. The molecule has 0 saturated heterocycles. The first kappa shape index (κ1) is 17.5. The molecular formula is C23H17ClFIO. The van der Waals surface area contributed by atoms with Crippen LogP contribution in [0, 0.1) is 9.39 Å². The second-order valence-corrected chi connectivity index (χ2v) is 9.95. The normalized spacial score (nSPS) is 16.3. The van der Waals surface area contributed by atoms with Gasteiger partial charge in [-0.3, -0.25) is 0 Å². The maximum absolute atomic E-state index is 14.2. The van der Waals surface area contributed by atoms with Gasteiger partial charge >= 0.3 is 0 Å². The van der Waals surface area contributed by atoms with E-state index < -0.39 is 5.82 Å². The van der Waals surface area contributed by atoms with E-state index >= 15 is 0 Å². The van der Waals surface area contributed by atoms with Gasteiger partial charge in [-0.15, -0.1) is 0 Å². The Bertz CT molecular complexity index is 1160. The molecule has 1 nitrogen and oxygen atoms in total. The van der Waals surface area contributed by atoms with Crippen molar-refractivity contribution < 1.29 is 9.50 Å². The molecular weight excluding hydrogens is 474 g/mol. The van der Waals surface area contributed by atoms with Gasteiger partial charge in [-0.05, 0) is 85.1 Å². The number of aromatic hydroxyl groups is 1. The molecule has 0 aliphatic heterocycles. The number of phenolic OH excluding ortho intramolecular Hbond substituents is 1. The van der Waals surface area contributed by atoms with Crippen molar-refractivity contribution in [1.29, 1.82) is 0 Å². The van der Waals surface area contributed by atoms with E-state index in [1.807, 2.05) is 6.07 Å². The highest BCUT2D eigenvalue weighted by Crippen LogP contribution is 2.61. The highest BCUT2D eigenvalue weighted by molar-refractivity contribution is 14.1. The van der Waals surface area contributed by atoms with Crippen LogP contribution in [0.3, 0.4) is 0 Å². The Balaban J connectivity index is 1.89. The largest absolute Gasteiger partial charge is 0.506 e. The van der Waals surface area contributed by atoms with Crippen LogP contribution in [0.5, 0.6) is 5.75 Å². The first-order valence-corrected chi connectivity index (χ1v) is 10.3. The summed E-state index contributed by atoms with van der Waals surface area (Å²) < 4.78 is 15.0. The van der Waals surface area contributed by atoms with Gasteiger partial charge in [0.25, 0.3) is 0 Å². The summed E-state index contributed by atoms with van der Waals surface area (Å²) in [6, 6.07) is 11.7. The maximum atomic E-state index is 14.2. The number of rotatable bonds is 0. The Morgan fingerprint density at radius 3 is 2.44 bits per heavy atom. The van der Waals surface area contributed by atoms with Gasteiger partial charge in [0, 0.05) is 11.5 Å². The smallest absolute Gasteiger partial charge is 0.142 e. The van der Waals surface area contributed by atoms with Crippen molar-refractivity contribution in [2.24, 2.45) is 0 Å². The molecule has 0 heterocycles. The zero-order valence-electron chi connectivity index (χ0n) is 15.1. The van der Waals surface area contributed by atoms with E-state index in [9.17, 15) is 9.50 Å². The van der Waals surface area contributed by atoms with E-state index in [0.29, 0.717) is 5.75 Å². The van der Waals surface area contributed by atoms with Gasteiger partial charge in [-0.1, -0.05) is 50.6 Å². The number of benzene rings is 3. The molecule has 0 spiro atoms. The minimum absolute atomic E-state index is 0.00461.